The average Bonchev–Trinajstić information content (AvgIpc) is 2.30. The summed E-state index contributed by atoms with van der Waals surface area (Å²) in [4.78, 5) is 0. The molecule has 2 rings (SSSR count). The molecule has 0 saturated carbocycles. The first-order chi connectivity index (χ1) is 7.42. The zero-order chi connectivity index (χ0) is 10.5. The molecular formula is C12H18N2O. The van der Waals surface area contributed by atoms with Crippen molar-refractivity contribution in [1.82, 2.24) is 5.32 Å². The topological polar surface area (TPSA) is 44.3 Å². The summed E-state index contributed by atoms with van der Waals surface area (Å²) in [5.74, 6) is 0. The maximum atomic E-state index is 8.70. The van der Waals surface area contributed by atoms with Crippen molar-refractivity contribution in [2.75, 3.05) is 25.0 Å². The van der Waals surface area contributed by atoms with Gasteiger partial charge in [0.05, 0.1) is 6.61 Å². The Morgan fingerprint density at radius 3 is 3.20 bits per heavy atom. The van der Waals surface area contributed by atoms with E-state index < -0.39 is 0 Å². The number of hydrogen-bond acceptors (Lipinski definition) is 3. The summed E-state index contributed by atoms with van der Waals surface area (Å²) in [6, 6.07) is 6.44. The van der Waals surface area contributed by atoms with Gasteiger partial charge in [0.25, 0.3) is 0 Å². The monoisotopic (exact) mass is 206 g/mol. The van der Waals surface area contributed by atoms with Gasteiger partial charge in [-0.25, -0.2) is 0 Å². The van der Waals surface area contributed by atoms with E-state index in [0.29, 0.717) is 6.54 Å². The van der Waals surface area contributed by atoms with Gasteiger partial charge in [-0.2, -0.15) is 0 Å². The number of rotatable bonds is 4. The van der Waals surface area contributed by atoms with Gasteiger partial charge < -0.3 is 15.7 Å². The molecule has 0 amide bonds. The van der Waals surface area contributed by atoms with Gasteiger partial charge in [-0.1, -0.05) is 18.2 Å². The maximum Gasteiger partial charge on any atom is 0.0556 e. The Morgan fingerprint density at radius 2 is 2.33 bits per heavy atom. The van der Waals surface area contributed by atoms with Gasteiger partial charge in [-0.3, -0.25) is 0 Å². The fourth-order valence-corrected chi connectivity index (χ4v) is 2.03. The van der Waals surface area contributed by atoms with Crippen LogP contribution in [-0.4, -0.2) is 24.8 Å². The summed E-state index contributed by atoms with van der Waals surface area (Å²) in [5.41, 5.74) is 4.03. The second kappa shape index (κ2) is 5.14. The standard InChI is InChI=1S/C12H18N2O/c15-8-7-13-9-11-4-1-3-10-5-2-6-14-12(10)11/h1,3-4,13-15H,2,5-9H2. The van der Waals surface area contributed by atoms with E-state index in [4.69, 9.17) is 5.11 Å². The zero-order valence-electron chi connectivity index (χ0n) is 8.92. The SMILES string of the molecule is OCCNCc1cccc2c1NCCC2. The van der Waals surface area contributed by atoms with Crippen molar-refractivity contribution in [3.05, 3.63) is 29.3 Å². The molecule has 0 aromatic heterocycles. The molecule has 1 aliphatic heterocycles. The molecule has 1 aromatic carbocycles. The highest BCUT2D eigenvalue weighted by Crippen LogP contribution is 2.25. The Hall–Kier alpha value is -1.06. The van der Waals surface area contributed by atoms with Crippen molar-refractivity contribution in [2.45, 2.75) is 19.4 Å². The molecule has 0 aliphatic carbocycles. The quantitative estimate of drug-likeness (QED) is 0.647. The lowest BCUT2D eigenvalue weighted by Crippen LogP contribution is -2.20. The Labute approximate surface area is 90.5 Å². The molecule has 1 aromatic rings. The summed E-state index contributed by atoms with van der Waals surface area (Å²) < 4.78 is 0. The number of aliphatic hydroxyl groups is 1. The average molecular weight is 206 g/mol. The highest BCUT2D eigenvalue weighted by molar-refractivity contribution is 5.59. The Bertz CT molecular complexity index is 325. The Kier molecular flexibility index (Phi) is 3.59. The highest BCUT2D eigenvalue weighted by Gasteiger charge is 2.11. The first-order valence-corrected chi connectivity index (χ1v) is 5.58. The van der Waals surface area contributed by atoms with Crippen LogP contribution in [0, 0.1) is 0 Å². The van der Waals surface area contributed by atoms with Crippen molar-refractivity contribution in [3.63, 3.8) is 0 Å². The number of aryl methyl sites for hydroxylation is 1. The summed E-state index contributed by atoms with van der Waals surface area (Å²) in [5, 5.41) is 15.4. The molecule has 82 valence electrons. The van der Waals surface area contributed by atoms with Crippen molar-refractivity contribution in [2.24, 2.45) is 0 Å². The molecule has 1 heterocycles. The number of para-hydroxylation sites is 1. The third kappa shape index (κ3) is 2.49. The van der Waals surface area contributed by atoms with Crippen LogP contribution in [0.4, 0.5) is 5.69 Å². The Balaban J connectivity index is 2.09. The lowest BCUT2D eigenvalue weighted by atomic mass is 9.99. The molecule has 3 heteroatoms. The molecule has 0 radical (unpaired) electrons. The number of benzene rings is 1. The number of fused-ring (bicyclic) bond motifs is 1. The fraction of sp³-hybridized carbons (Fsp3) is 0.500. The molecule has 3 nitrogen and oxygen atoms in total. The van der Waals surface area contributed by atoms with Crippen LogP contribution in [0.1, 0.15) is 17.5 Å². The van der Waals surface area contributed by atoms with Crippen LogP contribution >= 0.6 is 0 Å². The minimum atomic E-state index is 0.197. The van der Waals surface area contributed by atoms with Gasteiger partial charge in [0.2, 0.25) is 0 Å². The summed E-state index contributed by atoms with van der Waals surface area (Å²) in [7, 11) is 0. The van der Waals surface area contributed by atoms with Crippen molar-refractivity contribution in [3.8, 4) is 0 Å². The van der Waals surface area contributed by atoms with E-state index >= 15 is 0 Å². The second-order valence-electron chi connectivity index (χ2n) is 3.88. The Morgan fingerprint density at radius 1 is 1.40 bits per heavy atom. The maximum absolute atomic E-state index is 8.70. The minimum Gasteiger partial charge on any atom is -0.395 e. The van der Waals surface area contributed by atoms with Gasteiger partial charge in [0.1, 0.15) is 0 Å². The number of aliphatic hydroxyl groups excluding tert-OH is 1. The van der Waals surface area contributed by atoms with Crippen LogP contribution < -0.4 is 10.6 Å². The van der Waals surface area contributed by atoms with E-state index in [0.717, 1.165) is 13.1 Å². The van der Waals surface area contributed by atoms with E-state index in [1.165, 1.54) is 29.7 Å². The van der Waals surface area contributed by atoms with Gasteiger partial charge in [-0.15, -0.1) is 0 Å². The lowest BCUT2D eigenvalue weighted by molar-refractivity contribution is 0.292. The van der Waals surface area contributed by atoms with E-state index in [9.17, 15) is 0 Å². The summed E-state index contributed by atoms with van der Waals surface area (Å²) >= 11 is 0. The first kappa shape index (κ1) is 10.5. The summed E-state index contributed by atoms with van der Waals surface area (Å²) in [6.07, 6.45) is 2.40. The predicted octanol–water partition coefficient (Wildman–Crippen LogP) is 1.13. The van der Waals surface area contributed by atoms with Crippen molar-refractivity contribution in [1.29, 1.82) is 0 Å². The second-order valence-corrected chi connectivity index (χ2v) is 3.88. The third-order valence-corrected chi connectivity index (χ3v) is 2.77. The normalized spacial score (nSPS) is 14.5. The third-order valence-electron chi connectivity index (χ3n) is 2.77. The first-order valence-electron chi connectivity index (χ1n) is 5.58. The number of hydrogen-bond donors (Lipinski definition) is 3. The molecule has 0 spiro atoms. The molecule has 3 N–H and O–H groups in total. The van der Waals surface area contributed by atoms with Gasteiger partial charge in [0, 0.05) is 25.3 Å². The molecule has 0 saturated heterocycles. The molecule has 0 atom stereocenters. The molecular weight excluding hydrogens is 188 g/mol. The zero-order valence-corrected chi connectivity index (χ0v) is 8.92. The molecule has 0 fully saturated rings. The number of anilines is 1. The molecule has 15 heavy (non-hydrogen) atoms. The van der Waals surface area contributed by atoms with E-state index in [1.807, 2.05) is 0 Å². The van der Waals surface area contributed by atoms with Gasteiger partial charge in [-0.05, 0) is 24.0 Å². The van der Waals surface area contributed by atoms with Crippen molar-refractivity contribution >= 4 is 5.69 Å². The van der Waals surface area contributed by atoms with Crippen LogP contribution in [0.5, 0.6) is 0 Å². The lowest BCUT2D eigenvalue weighted by Gasteiger charge is -2.21. The van der Waals surface area contributed by atoms with Crippen molar-refractivity contribution < 1.29 is 5.11 Å². The summed E-state index contributed by atoms with van der Waals surface area (Å²) in [6.45, 7) is 2.76. The molecule has 0 unspecified atom stereocenters. The van der Waals surface area contributed by atoms with E-state index in [-0.39, 0.29) is 6.61 Å². The van der Waals surface area contributed by atoms with E-state index in [2.05, 4.69) is 28.8 Å². The van der Waals surface area contributed by atoms with Crippen LogP contribution in [-0.2, 0) is 13.0 Å². The smallest absolute Gasteiger partial charge is 0.0556 e. The minimum absolute atomic E-state index is 0.197. The van der Waals surface area contributed by atoms with Crippen LogP contribution in [0.15, 0.2) is 18.2 Å². The number of nitrogens with one attached hydrogen (secondary N) is 2. The van der Waals surface area contributed by atoms with Gasteiger partial charge in [0.15, 0.2) is 0 Å². The predicted molar refractivity (Wildman–Crippen MR) is 62.0 cm³/mol. The molecule has 0 bridgehead atoms. The van der Waals surface area contributed by atoms with Gasteiger partial charge >= 0.3 is 0 Å². The van der Waals surface area contributed by atoms with E-state index in [1.54, 1.807) is 0 Å². The van der Waals surface area contributed by atoms with Crippen LogP contribution in [0.2, 0.25) is 0 Å². The molecule has 1 aliphatic rings. The highest BCUT2D eigenvalue weighted by atomic mass is 16.3. The van der Waals surface area contributed by atoms with Crippen LogP contribution in [0.25, 0.3) is 0 Å². The van der Waals surface area contributed by atoms with Crippen LogP contribution in [0.3, 0.4) is 0 Å². The largest absolute Gasteiger partial charge is 0.395 e. The fourth-order valence-electron chi connectivity index (χ4n) is 2.03.